The SMILES string of the molecule is F[B-](F)(F)C12CC(C3CCCCC3)(C1)C2.[K+]. The standard InChI is InChI=1S/C11H17BF3.K/c13-12(14,15)11-6-10(7-11,8-11)9-4-2-1-3-5-9;/h9H,1-8H2;/q-1;+1. The molecule has 0 aromatic heterocycles. The molecule has 0 amide bonds. The van der Waals surface area contributed by atoms with Crippen LogP contribution >= 0.6 is 0 Å². The third kappa shape index (κ3) is 1.80. The normalized spacial score (nSPS) is 42.9. The maximum atomic E-state index is 12.7. The van der Waals surface area contributed by atoms with Crippen LogP contribution in [0.2, 0.25) is 5.31 Å². The zero-order valence-corrected chi connectivity index (χ0v) is 13.1. The quantitative estimate of drug-likeness (QED) is 0.654. The molecule has 4 saturated carbocycles. The van der Waals surface area contributed by atoms with Crippen LogP contribution < -0.4 is 51.4 Å². The monoisotopic (exact) mass is 256 g/mol. The van der Waals surface area contributed by atoms with Crippen molar-refractivity contribution >= 4 is 6.98 Å². The molecular weight excluding hydrogens is 239 g/mol. The number of hydrogen-bond acceptors (Lipinski definition) is 0. The predicted molar refractivity (Wildman–Crippen MR) is 54.6 cm³/mol. The van der Waals surface area contributed by atoms with Crippen molar-refractivity contribution in [3.05, 3.63) is 0 Å². The summed E-state index contributed by atoms with van der Waals surface area (Å²) < 4.78 is 38.2. The molecule has 4 rings (SSSR count). The van der Waals surface area contributed by atoms with Gasteiger partial charge in [-0.1, -0.05) is 43.8 Å². The Morgan fingerprint density at radius 3 is 1.81 bits per heavy atom. The van der Waals surface area contributed by atoms with Crippen LogP contribution in [0, 0.1) is 11.3 Å². The fourth-order valence-electron chi connectivity index (χ4n) is 4.44. The van der Waals surface area contributed by atoms with Crippen LogP contribution in [0.3, 0.4) is 0 Å². The minimum absolute atomic E-state index is 0. The number of hydrogen-bond donors (Lipinski definition) is 0. The Morgan fingerprint density at radius 1 is 0.875 bits per heavy atom. The molecule has 0 saturated heterocycles. The Hall–Kier alpha value is 1.49. The molecule has 0 heterocycles. The van der Waals surface area contributed by atoms with E-state index in [0.29, 0.717) is 25.2 Å². The molecule has 2 bridgehead atoms. The van der Waals surface area contributed by atoms with Gasteiger partial charge in [0, 0.05) is 0 Å². The summed E-state index contributed by atoms with van der Waals surface area (Å²) in [6, 6.07) is 0. The van der Waals surface area contributed by atoms with Gasteiger partial charge in [-0.3, -0.25) is 0 Å². The molecule has 0 aliphatic heterocycles. The van der Waals surface area contributed by atoms with Crippen LogP contribution in [-0.4, -0.2) is 6.98 Å². The van der Waals surface area contributed by atoms with E-state index in [1.807, 2.05) is 0 Å². The molecule has 0 atom stereocenters. The smallest absolute Gasteiger partial charge is 0.449 e. The molecule has 0 radical (unpaired) electrons. The second kappa shape index (κ2) is 4.26. The van der Waals surface area contributed by atoms with E-state index in [1.54, 1.807) is 0 Å². The molecule has 4 aliphatic rings. The van der Waals surface area contributed by atoms with Gasteiger partial charge in [0.1, 0.15) is 0 Å². The zero-order valence-electron chi connectivity index (χ0n) is 9.95. The summed E-state index contributed by atoms with van der Waals surface area (Å²) in [7, 11) is 0. The van der Waals surface area contributed by atoms with Gasteiger partial charge in [-0.2, -0.15) is 0 Å². The summed E-state index contributed by atoms with van der Waals surface area (Å²) in [5.41, 5.74) is 0.150. The molecule has 0 aromatic carbocycles. The second-order valence-corrected chi connectivity index (χ2v) is 6.16. The van der Waals surface area contributed by atoms with E-state index in [0.717, 1.165) is 0 Å². The molecule has 0 spiro atoms. The van der Waals surface area contributed by atoms with E-state index in [9.17, 15) is 12.9 Å². The van der Waals surface area contributed by atoms with Gasteiger partial charge < -0.3 is 12.9 Å². The second-order valence-electron chi connectivity index (χ2n) is 6.16. The van der Waals surface area contributed by atoms with Crippen molar-refractivity contribution in [3.63, 3.8) is 0 Å². The van der Waals surface area contributed by atoms with Crippen molar-refractivity contribution in [2.24, 2.45) is 11.3 Å². The van der Waals surface area contributed by atoms with E-state index in [2.05, 4.69) is 0 Å². The van der Waals surface area contributed by atoms with E-state index in [-0.39, 0.29) is 56.8 Å². The molecular formula is C11H17BF3K. The van der Waals surface area contributed by atoms with Gasteiger partial charge >= 0.3 is 58.4 Å². The maximum absolute atomic E-state index is 12.7. The first-order chi connectivity index (χ1) is 6.98. The van der Waals surface area contributed by atoms with E-state index in [1.165, 1.54) is 32.1 Å². The minimum atomic E-state index is -4.56. The first-order valence-corrected chi connectivity index (χ1v) is 6.17. The molecule has 0 N–H and O–H groups in total. The van der Waals surface area contributed by atoms with E-state index < -0.39 is 12.3 Å². The number of rotatable bonds is 2. The fraction of sp³-hybridized carbons (Fsp3) is 1.00. The zero-order chi connectivity index (χ0) is 10.7. The van der Waals surface area contributed by atoms with Gasteiger partial charge in [0.25, 0.3) is 0 Å². The third-order valence-corrected chi connectivity index (χ3v) is 5.28. The summed E-state index contributed by atoms with van der Waals surface area (Å²) in [5, 5.41) is -1.17. The van der Waals surface area contributed by atoms with Gasteiger partial charge in [0.2, 0.25) is 0 Å². The first kappa shape index (κ1) is 13.9. The Labute approximate surface area is 138 Å². The Balaban J connectivity index is 0.000000963. The van der Waals surface area contributed by atoms with Gasteiger partial charge in [0.05, 0.1) is 0 Å². The fourth-order valence-corrected chi connectivity index (χ4v) is 4.44. The van der Waals surface area contributed by atoms with Crippen LogP contribution in [0.15, 0.2) is 0 Å². The van der Waals surface area contributed by atoms with E-state index in [4.69, 9.17) is 0 Å². The summed E-state index contributed by atoms with van der Waals surface area (Å²) >= 11 is 0. The Bertz CT molecular complexity index is 264. The van der Waals surface area contributed by atoms with Crippen LogP contribution in [0.1, 0.15) is 51.4 Å². The van der Waals surface area contributed by atoms with Crippen LogP contribution in [0.25, 0.3) is 0 Å². The number of halogens is 3. The third-order valence-electron chi connectivity index (χ3n) is 5.28. The van der Waals surface area contributed by atoms with Crippen molar-refractivity contribution in [3.8, 4) is 0 Å². The Morgan fingerprint density at radius 2 is 1.38 bits per heavy atom. The molecule has 16 heavy (non-hydrogen) atoms. The predicted octanol–water partition coefficient (Wildman–Crippen LogP) is 1.34. The Kier molecular flexibility index (Phi) is 3.70. The van der Waals surface area contributed by atoms with Gasteiger partial charge in [-0.25, -0.2) is 0 Å². The van der Waals surface area contributed by atoms with Crippen molar-refractivity contribution < 1.29 is 64.3 Å². The van der Waals surface area contributed by atoms with Crippen LogP contribution in [-0.2, 0) is 0 Å². The van der Waals surface area contributed by atoms with Crippen molar-refractivity contribution in [1.82, 2.24) is 0 Å². The molecule has 86 valence electrons. The average molecular weight is 256 g/mol. The molecule has 0 nitrogen and oxygen atoms in total. The van der Waals surface area contributed by atoms with Crippen molar-refractivity contribution in [1.29, 1.82) is 0 Å². The van der Waals surface area contributed by atoms with Gasteiger partial charge in [0.15, 0.2) is 0 Å². The molecule has 0 aromatic rings. The molecule has 0 unspecified atom stereocenters. The minimum Gasteiger partial charge on any atom is -0.449 e. The topological polar surface area (TPSA) is 0 Å². The molecule has 4 aliphatic carbocycles. The molecule has 4 fully saturated rings. The van der Waals surface area contributed by atoms with Crippen molar-refractivity contribution in [2.75, 3.05) is 0 Å². The average Bonchev–Trinajstić information content (AvgIpc) is 1.98. The van der Waals surface area contributed by atoms with Crippen LogP contribution in [0.4, 0.5) is 12.9 Å². The summed E-state index contributed by atoms with van der Waals surface area (Å²) in [5.74, 6) is 0.631. The largest absolute Gasteiger partial charge is 1.00 e. The first-order valence-electron chi connectivity index (χ1n) is 6.17. The van der Waals surface area contributed by atoms with Crippen molar-refractivity contribution in [2.45, 2.75) is 56.7 Å². The van der Waals surface area contributed by atoms with Gasteiger partial charge in [-0.05, 0) is 24.2 Å². The van der Waals surface area contributed by atoms with Crippen LogP contribution in [0.5, 0.6) is 0 Å². The van der Waals surface area contributed by atoms with Gasteiger partial charge in [-0.15, -0.1) is 0 Å². The van der Waals surface area contributed by atoms with E-state index >= 15 is 0 Å². The summed E-state index contributed by atoms with van der Waals surface area (Å²) in [4.78, 5) is 0. The molecule has 5 heteroatoms. The maximum Gasteiger partial charge on any atom is 1.00 e. The summed E-state index contributed by atoms with van der Waals surface area (Å²) in [6.45, 7) is -4.56. The summed E-state index contributed by atoms with van der Waals surface area (Å²) in [6.07, 6.45) is 7.62.